The lowest BCUT2D eigenvalue weighted by molar-refractivity contribution is -0.156. The van der Waals surface area contributed by atoms with Gasteiger partial charge in [-0.3, -0.25) is 9.69 Å². The Kier molecular flexibility index (Phi) is 5.12. The third-order valence-corrected chi connectivity index (χ3v) is 3.38. The highest BCUT2D eigenvalue weighted by molar-refractivity contribution is 5.78. The number of amides is 1. The highest BCUT2D eigenvalue weighted by Gasteiger charge is 2.27. The van der Waals surface area contributed by atoms with Crippen molar-refractivity contribution in [2.75, 3.05) is 39.5 Å². The van der Waals surface area contributed by atoms with E-state index in [1.54, 1.807) is 0 Å². The van der Waals surface area contributed by atoms with Crippen LogP contribution in [-0.4, -0.2) is 73.5 Å². The van der Waals surface area contributed by atoms with Gasteiger partial charge in [0.15, 0.2) is 6.10 Å². The van der Waals surface area contributed by atoms with Crippen LogP contribution in [-0.2, 0) is 19.1 Å². The molecule has 7 nitrogen and oxygen atoms in total. The Hall–Kier alpha value is -1.18. The van der Waals surface area contributed by atoms with Crippen LogP contribution in [0, 0.1) is 0 Å². The van der Waals surface area contributed by atoms with Crippen molar-refractivity contribution in [1.82, 2.24) is 10.2 Å². The number of hydrogen-bond acceptors (Lipinski definition) is 5. The van der Waals surface area contributed by atoms with Gasteiger partial charge in [0.05, 0.1) is 13.2 Å². The summed E-state index contributed by atoms with van der Waals surface area (Å²) in [6, 6.07) is 0.178. The van der Waals surface area contributed by atoms with Crippen LogP contribution in [0.4, 0.5) is 0 Å². The fourth-order valence-electron chi connectivity index (χ4n) is 2.31. The maximum Gasteiger partial charge on any atom is 0.334 e. The van der Waals surface area contributed by atoms with E-state index in [9.17, 15) is 9.59 Å². The Bertz CT molecular complexity index is 330. The lowest BCUT2D eigenvalue weighted by Crippen LogP contribution is -2.50. The Labute approximate surface area is 111 Å². The second kappa shape index (κ2) is 6.83. The van der Waals surface area contributed by atoms with Crippen molar-refractivity contribution in [3.8, 4) is 0 Å². The van der Waals surface area contributed by atoms with Gasteiger partial charge in [-0.1, -0.05) is 0 Å². The van der Waals surface area contributed by atoms with Gasteiger partial charge in [-0.2, -0.15) is 0 Å². The van der Waals surface area contributed by atoms with Crippen molar-refractivity contribution in [2.45, 2.75) is 25.0 Å². The molecule has 19 heavy (non-hydrogen) atoms. The molecule has 1 amide bonds. The summed E-state index contributed by atoms with van der Waals surface area (Å²) in [7, 11) is 0. The molecule has 2 N–H and O–H groups in total. The molecule has 108 valence electrons. The van der Waals surface area contributed by atoms with Crippen LogP contribution in [0.2, 0.25) is 0 Å². The van der Waals surface area contributed by atoms with Gasteiger partial charge in [0.25, 0.3) is 0 Å². The topological polar surface area (TPSA) is 88.1 Å². The van der Waals surface area contributed by atoms with Crippen molar-refractivity contribution >= 4 is 11.9 Å². The number of nitrogens with zero attached hydrogens (tertiary/aromatic N) is 1. The molecule has 0 saturated carbocycles. The molecule has 1 atom stereocenters. The number of carbonyl (C=O) groups is 2. The predicted molar refractivity (Wildman–Crippen MR) is 65.8 cm³/mol. The monoisotopic (exact) mass is 272 g/mol. The average molecular weight is 272 g/mol. The second-order valence-corrected chi connectivity index (χ2v) is 4.89. The lowest BCUT2D eigenvalue weighted by atomic mass is 10.1. The van der Waals surface area contributed by atoms with E-state index in [-0.39, 0.29) is 25.0 Å². The standard InChI is InChI=1S/C12H20N2O5/c15-11(13-9-1-4-18-5-2-9)8-14-3-6-19-10(7-14)12(16)17/h9-10H,1-8H2,(H,13,15)(H,16,17). The molecule has 1 unspecified atom stereocenters. The quantitative estimate of drug-likeness (QED) is 0.687. The van der Waals surface area contributed by atoms with Crippen molar-refractivity contribution in [2.24, 2.45) is 0 Å². The number of ether oxygens (including phenoxy) is 2. The van der Waals surface area contributed by atoms with Crippen LogP contribution in [0.15, 0.2) is 0 Å². The van der Waals surface area contributed by atoms with Gasteiger partial charge in [0.1, 0.15) is 0 Å². The van der Waals surface area contributed by atoms with Crippen molar-refractivity contribution < 1.29 is 24.2 Å². The van der Waals surface area contributed by atoms with Crippen LogP contribution in [0.1, 0.15) is 12.8 Å². The van der Waals surface area contributed by atoms with Crippen molar-refractivity contribution in [3.05, 3.63) is 0 Å². The van der Waals surface area contributed by atoms with Gasteiger partial charge in [0.2, 0.25) is 5.91 Å². The molecule has 2 fully saturated rings. The first-order valence-electron chi connectivity index (χ1n) is 6.59. The van der Waals surface area contributed by atoms with Crippen LogP contribution in [0.3, 0.4) is 0 Å². The molecule has 0 aromatic carbocycles. The zero-order valence-electron chi connectivity index (χ0n) is 10.8. The molecular weight excluding hydrogens is 252 g/mol. The maximum absolute atomic E-state index is 11.9. The maximum atomic E-state index is 11.9. The number of aliphatic carboxylic acids is 1. The first kappa shape index (κ1) is 14.2. The van der Waals surface area contributed by atoms with Crippen LogP contribution < -0.4 is 5.32 Å². The first-order valence-corrected chi connectivity index (χ1v) is 6.59. The molecule has 2 heterocycles. The van der Waals surface area contributed by atoms with Gasteiger partial charge in [0, 0.05) is 32.3 Å². The molecule has 0 bridgehead atoms. The number of morpholine rings is 1. The number of carboxylic acids is 1. The molecule has 2 aliphatic heterocycles. The number of hydrogen-bond donors (Lipinski definition) is 2. The number of carboxylic acid groups (broad SMARTS) is 1. The van der Waals surface area contributed by atoms with E-state index >= 15 is 0 Å². The predicted octanol–water partition coefficient (Wildman–Crippen LogP) is -0.933. The SMILES string of the molecule is O=C(CN1CCOC(C(=O)O)C1)NC1CCOCC1. The van der Waals surface area contributed by atoms with Gasteiger partial charge < -0.3 is 19.9 Å². The minimum Gasteiger partial charge on any atom is -0.479 e. The molecule has 2 saturated heterocycles. The van der Waals surface area contributed by atoms with Gasteiger partial charge >= 0.3 is 5.97 Å². The molecule has 0 aromatic rings. The Morgan fingerprint density at radius 3 is 2.68 bits per heavy atom. The van der Waals surface area contributed by atoms with Crippen molar-refractivity contribution in [1.29, 1.82) is 0 Å². The van der Waals surface area contributed by atoms with Crippen LogP contribution in [0.25, 0.3) is 0 Å². The van der Waals surface area contributed by atoms with E-state index in [1.165, 1.54) is 0 Å². The molecule has 7 heteroatoms. The zero-order chi connectivity index (χ0) is 13.7. The van der Waals surface area contributed by atoms with E-state index in [4.69, 9.17) is 14.6 Å². The normalized spacial score (nSPS) is 26.0. The second-order valence-electron chi connectivity index (χ2n) is 4.89. The largest absolute Gasteiger partial charge is 0.479 e. The molecule has 0 spiro atoms. The molecule has 0 radical (unpaired) electrons. The highest BCUT2D eigenvalue weighted by Crippen LogP contribution is 2.07. The summed E-state index contributed by atoms with van der Waals surface area (Å²) in [4.78, 5) is 24.5. The van der Waals surface area contributed by atoms with E-state index in [2.05, 4.69) is 5.32 Å². The Morgan fingerprint density at radius 2 is 2.00 bits per heavy atom. The number of carbonyl (C=O) groups excluding carboxylic acids is 1. The summed E-state index contributed by atoms with van der Waals surface area (Å²) in [5, 5.41) is 11.8. The van der Waals surface area contributed by atoms with Crippen LogP contribution >= 0.6 is 0 Å². The Morgan fingerprint density at radius 1 is 1.26 bits per heavy atom. The fourth-order valence-corrected chi connectivity index (χ4v) is 2.31. The summed E-state index contributed by atoms with van der Waals surface area (Å²) in [6.07, 6.45) is 0.851. The highest BCUT2D eigenvalue weighted by atomic mass is 16.5. The number of nitrogens with one attached hydrogen (secondary N) is 1. The average Bonchev–Trinajstić information content (AvgIpc) is 2.40. The van der Waals surface area contributed by atoms with E-state index in [0.29, 0.717) is 26.4 Å². The summed E-state index contributed by atoms with van der Waals surface area (Å²) >= 11 is 0. The van der Waals surface area contributed by atoms with E-state index in [1.807, 2.05) is 4.90 Å². The third kappa shape index (κ3) is 4.45. The van der Waals surface area contributed by atoms with Gasteiger partial charge in [-0.05, 0) is 12.8 Å². The molecule has 2 rings (SSSR count). The summed E-state index contributed by atoms with van der Waals surface area (Å²) in [5.74, 6) is -1.03. The van der Waals surface area contributed by atoms with Crippen molar-refractivity contribution in [3.63, 3.8) is 0 Å². The lowest BCUT2D eigenvalue weighted by Gasteiger charge is -2.31. The van der Waals surface area contributed by atoms with E-state index < -0.39 is 12.1 Å². The molecule has 0 aliphatic carbocycles. The van der Waals surface area contributed by atoms with E-state index in [0.717, 1.165) is 12.8 Å². The molecular formula is C12H20N2O5. The van der Waals surface area contributed by atoms with Crippen LogP contribution in [0.5, 0.6) is 0 Å². The minimum absolute atomic E-state index is 0.0575. The Balaban J connectivity index is 1.73. The summed E-state index contributed by atoms with van der Waals surface area (Å²) in [5.41, 5.74) is 0. The minimum atomic E-state index is -0.977. The summed E-state index contributed by atoms with van der Waals surface area (Å²) in [6.45, 7) is 2.79. The summed E-state index contributed by atoms with van der Waals surface area (Å²) < 4.78 is 10.3. The third-order valence-electron chi connectivity index (χ3n) is 3.38. The van der Waals surface area contributed by atoms with Gasteiger partial charge in [-0.15, -0.1) is 0 Å². The number of rotatable bonds is 4. The smallest absolute Gasteiger partial charge is 0.334 e. The zero-order valence-corrected chi connectivity index (χ0v) is 10.8. The molecule has 2 aliphatic rings. The first-order chi connectivity index (χ1) is 9.15. The fraction of sp³-hybridized carbons (Fsp3) is 0.833. The van der Waals surface area contributed by atoms with Gasteiger partial charge in [-0.25, -0.2) is 4.79 Å². The molecule has 0 aromatic heterocycles.